The van der Waals surface area contributed by atoms with Crippen molar-refractivity contribution in [2.75, 3.05) is 19.5 Å². The van der Waals surface area contributed by atoms with Gasteiger partial charge in [0.15, 0.2) is 17.3 Å². The van der Waals surface area contributed by atoms with Crippen LogP contribution in [0, 0.1) is 13.8 Å². The molecule has 6 heteroatoms. The van der Waals surface area contributed by atoms with Gasteiger partial charge in [-0.3, -0.25) is 9.59 Å². The Labute approximate surface area is 229 Å². The molecular formula is C33H34N2O4. The lowest BCUT2D eigenvalue weighted by molar-refractivity contribution is -0.116. The second kappa shape index (κ2) is 10.8. The first-order valence-corrected chi connectivity index (χ1v) is 13.2. The minimum atomic E-state index is -0.453. The van der Waals surface area contributed by atoms with Crippen molar-refractivity contribution in [3.05, 3.63) is 112 Å². The molecule has 39 heavy (non-hydrogen) atoms. The highest BCUT2D eigenvalue weighted by Crippen LogP contribution is 2.46. The lowest BCUT2D eigenvalue weighted by Gasteiger charge is -2.37. The zero-order chi connectivity index (χ0) is 27.7. The number of carbonyl (C=O) groups excluding carboxylic acids is 2. The summed E-state index contributed by atoms with van der Waals surface area (Å²) >= 11 is 0. The summed E-state index contributed by atoms with van der Waals surface area (Å²) in [6.07, 6.45) is 1.01. The summed E-state index contributed by atoms with van der Waals surface area (Å²) in [7, 11) is 3.22. The second-order valence-electron chi connectivity index (χ2n) is 10.4. The molecule has 1 heterocycles. The Hall–Kier alpha value is -4.32. The molecule has 5 rings (SSSR count). The molecule has 0 spiro atoms. The van der Waals surface area contributed by atoms with E-state index >= 15 is 0 Å². The van der Waals surface area contributed by atoms with Gasteiger partial charge in [0.05, 0.1) is 14.2 Å². The molecule has 0 radical (unpaired) electrons. The molecule has 0 bridgehead atoms. The normalized spacial score (nSPS) is 18.8. The van der Waals surface area contributed by atoms with E-state index in [1.165, 1.54) is 0 Å². The fourth-order valence-electron chi connectivity index (χ4n) is 5.70. The summed E-state index contributed by atoms with van der Waals surface area (Å²) in [5.74, 6) is 0.659. The van der Waals surface area contributed by atoms with Crippen LogP contribution in [0.2, 0.25) is 0 Å². The third-order valence-corrected chi connectivity index (χ3v) is 7.64. The molecule has 0 fully saturated rings. The maximum Gasteiger partial charge on any atom is 0.254 e. The molecule has 3 aromatic carbocycles. The molecule has 2 aliphatic rings. The summed E-state index contributed by atoms with van der Waals surface area (Å²) in [5, 5.41) is 6.52. The molecule has 0 saturated carbocycles. The Morgan fingerprint density at radius 2 is 1.59 bits per heavy atom. The molecular weight excluding hydrogens is 488 g/mol. The summed E-state index contributed by atoms with van der Waals surface area (Å²) in [4.78, 5) is 27.7. The van der Waals surface area contributed by atoms with Gasteiger partial charge in [-0.2, -0.15) is 0 Å². The van der Waals surface area contributed by atoms with E-state index in [4.69, 9.17) is 9.47 Å². The van der Waals surface area contributed by atoms with E-state index in [-0.39, 0.29) is 17.6 Å². The van der Waals surface area contributed by atoms with E-state index in [9.17, 15) is 9.59 Å². The van der Waals surface area contributed by atoms with Crippen molar-refractivity contribution in [3.63, 3.8) is 0 Å². The summed E-state index contributed by atoms with van der Waals surface area (Å²) in [6, 6.07) is 21.6. The number of ether oxygens (including phenoxy) is 2. The molecule has 1 aliphatic heterocycles. The lowest BCUT2D eigenvalue weighted by Crippen LogP contribution is -2.37. The fourth-order valence-corrected chi connectivity index (χ4v) is 5.70. The predicted octanol–water partition coefficient (Wildman–Crippen LogP) is 6.32. The zero-order valence-electron chi connectivity index (χ0n) is 23.1. The first-order valence-electron chi connectivity index (χ1n) is 13.2. The summed E-state index contributed by atoms with van der Waals surface area (Å²) in [5.41, 5.74) is 7.75. The Kier molecular flexibility index (Phi) is 7.29. The van der Waals surface area contributed by atoms with E-state index in [0.717, 1.165) is 39.3 Å². The standard InChI is InChI=1S/C33H34N2O4/c1-19-9-12-25(13-10-19)35-33(37)30-21(3)34-26-16-24(22-11-14-28(38-4)29(18-22)39-5)17-27(36)32(26)31(30)23-8-6-7-20(2)15-23/h6-15,18,24,31,34H,16-17H2,1-5H3,(H,35,37)/t24-,31-/m1/s1. The van der Waals surface area contributed by atoms with Gasteiger partial charge in [-0.25, -0.2) is 0 Å². The highest BCUT2D eigenvalue weighted by atomic mass is 16.5. The van der Waals surface area contributed by atoms with Crippen molar-refractivity contribution in [2.24, 2.45) is 0 Å². The van der Waals surface area contributed by atoms with Crippen LogP contribution in [0.1, 0.15) is 53.9 Å². The fraction of sp³-hybridized carbons (Fsp3) is 0.273. The van der Waals surface area contributed by atoms with Crippen LogP contribution in [0.25, 0.3) is 0 Å². The van der Waals surface area contributed by atoms with Crippen molar-refractivity contribution < 1.29 is 19.1 Å². The second-order valence-corrected chi connectivity index (χ2v) is 10.4. The Morgan fingerprint density at radius 3 is 2.28 bits per heavy atom. The number of rotatable bonds is 6. The van der Waals surface area contributed by atoms with Gasteiger partial charge >= 0.3 is 0 Å². The first-order chi connectivity index (χ1) is 18.8. The Morgan fingerprint density at radius 1 is 0.846 bits per heavy atom. The SMILES string of the molecule is COc1ccc([C@H]2CC(=O)C3=C(C2)NC(C)=C(C(=O)Nc2ccc(C)cc2)[C@H]3c2cccc(C)c2)cc1OC. The smallest absolute Gasteiger partial charge is 0.254 e. The number of methoxy groups -OCH3 is 2. The summed E-state index contributed by atoms with van der Waals surface area (Å²) < 4.78 is 10.9. The zero-order valence-corrected chi connectivity index (χ0v) is 23.1. The van der Waals surface area contributed by atoms with Crippen LogP contribution in [0.3, 0.4) is 0 Å². The van der Waals surface area contributed by atoms with Gasteiger partial charge in [0, 0.05) is 40.6 Å². The first kappa shape index (κ1) is 26.3. The monoisotopic (exact) mass is 522 g/mol. The molecule has 1 amide bonds. The van der Waals surface area contributed by atoms with Gasteiger partial charge in [0.25, 0.3) is 5.91 Å². The molecule has 3 aromatic rings. The van der Waals surface area contributed by atoms with Crippen molar-refractivity contribution in [1.29, 1.82) is 0 Å². The average molecular weight is 523 g/mol. The average Bonchev–Trinajstić information content (AvgIpc) is 2.92. The maximum absolute atomic E-state index is 13.9. The Bertz CT molecular complexity index is 1500. The third-order valence-electron chi connectivity index (χ3n) is 7.64. The molecule has 0 saturated heterocycles. The number of allylic oxidation sites excluding steroid dienone is 3. The minimum absolute atomic E-state index is 0.0162. The molecule has 200 valence electrons. The van der Waals surface area contributed by atoms with Crippen molar-refractivity contribution in [1.82, 2.24) is 5.32 Å². The number of hydrogen-bond donors (Lipinski definition) is 2. The number of anilines is 1. The van der Waals surface area contributed by atoms with Crippen LogP contribution in [-0.2, 0) is 9.59 Å². The van der Waals surface area contributed by atoms with Crippen molar-refractivity contribution >= 4 is 17.4 Å². The number of nitrogens with one attached hydrogen (secondary N) is 2. The maximum atomic E-state index is 13.9. The molecule has 1 aliphatic carbocycles. The van der Waals surface area contributed by atoms with Crippen LogP contribution in [0.5, 0.6) is 11.5 Å². The molecule has 6 nitrogen and oxygen atoms in total. The van der Waals surface area contributed by atoms with E-state index in [1.54, 1.807) is 14.2 Å². The number of benzene rings is 3. The molecule has 0 unspecified atom stereocenters. The molecule has 0 aromatic heterocycles. The van der Waals surface area contributed by atoms with Crippen LogP contribution < -0.4 is 20.1 Å². The van der Waals surface area contributed by atoms with E-state index < -0.39 is 5.92 Å². The number of carbonyl (C=O) groups is 2. The van der Waals surface area contributed by atoms with Crippen LogP contribution >= 0.6 is 0 Å². The lowest BCUT2D eigenvalue weighted by atomic mass is 9.71. The van der Waals surface area contributed by atoms with E-state index in [1.807, 2.05) is 81.4 Å². The number of Topliss-reactive ketones (excluding diaryl/α,β-unsaturated/α-hetero) is 1. The Balaban J connectivity index is 1.54. The van der Waals surface area contributed by atoms with Gasteiger partial charge < -0.3 is 20.1 Å². The van der Waals surface area contributed by atoms with Gasteiger partial charge in [-0.1, -0.05) is 53.6 Å². The van der Waals surface area contributed by atoms with Gasteiger partial charge in [-0.15, -0.1) is 0 Å². The molecule has 2 N–H and O–H groups in total. The number of ketones is 1. The van der Waals surface area contributed by atoms with Gasteiger partial charge in [-0.05, 0) is 68.5 Å². The number of aryl methyl sites for hydroxylation is 2. The quantitative estimate of drug-likeness (QED) is 0.396. The number of hydrogen-bond acceptors (Lipinski definition) is 5. The van der Waals surface area contributed by atoms with Crippen LogP contribution in [-0.4, -0.2) is 25.9 Å². The minimum Gasteiger partial charge on any atom is -0.493 e. The largest absolute Gasteiger partial charge is 0.493 e. The topological polar surface area (TPSA) is 76.7 Å². The number of amides is 1. The third kappa shape index (κ3) is 5.19. The van der Waals surface area contributed by atoms with Crippen LogP contribution in [0.4, 0.5) is 5.69 Å². The van der Waals surface area contributed by atoms with Gasteiger partial charge in [0.2, 0.25) is 0 Å². The van der Waals surface area contributed by atoms with Gasteiger partial charge in [0.1, 0.15) is 0 Å². The van der Waals surface area contributed by atoms with Crippen molar-refractivity contribution in [3.8, 4) is 11.5 Å². The van der Waals surface area contributed by atoms with E-state index in [0.29, 0.717) is 35.5 Å². The number of dihydropyridines is 1. The van der Waals surface area contributed by atoms with E-state index in [2.05, 4.69) is 16.7 Å². The summed E-state index contributed by atoms with van der Waals surface area (Å²) in [6.45, 7) is 5.95. The predicted molar refractivity (Wildman–Crippen MR) is 153 cm³/mol. The van der Waals surface area contributed by atoms with Crippen molar-refractivity contribution in [2.45, 2.75) is 45.4 Å². The highest BCUT2D eigenvalue weighted by Gasteiger charge is 2.41. The molecule has 2 atom stereocenters. The highest BCUT2D eigenvalue weighted by molar-refractivity contribution is 6.10. The van der Waals surface area contributed by atoms with Crippen LogP contribution in [0.15, 0.2) is 89.3 Å².